The summed E-state index contributed by atoms with van der Waals surface area (Å²) >= 11 is 0. The van der Waals surface area contributed by atoms with Crippen molar-refractivity contribution < 1.29 is 19.0 Å². The monoisotopic (exact) mass is 196 g/mol. The molecule has 0 unspecified atom stereocenters. The fourth-order valence-corrected chi connectivity index (χ4v) is 0.906. The van der Waals surface area contributed by atoms with E-state index in [2.05, 4.69) is 4.74 Å². The molecule has 0 saturated carbocycles. The summed E-state index contributed by atoms with van der Waals surface area (Å²) in [4.78, 5) is 10.2. The number of hydrogen-bond acceptors (Lipinski definition) is 2. The molecule has 1 rings (SSSR count). The Bertz CT molecular complexity index is 330. The number of carboxylic acid groups (broad SMARTS) is 1. The second kappa shape index (κ2) is 5.01. The third kappa shape index (κ3) is 3.26. The lowest BCUT2D eigenvalue weighted by molar-refractivity contribution is -0.131. The summed E-state index contributed by atoms with van der Waals surface area (Å²) in [6.07, 6.45) is 2.48. The number of aliphatic carboxylic acids is 1. The lowest BCUT2D eigenvalue weighted by atomic mass is 10.2. The summed E-state index contributed by atoms with van der Waals surface area (Å²) in [6.45, 7) is -0.871. The number of hydrogen-bond donors (Lipinski definition) is 1. The summed E-state index contributed by atoms with van der Waals surface area (Å²) in [5, 5.41) is 8.35. The Hall–Kier alpha value is -1.84. The van der Waals surface area contributed by atoms with Crippen LogP contribution >= 0.6 is 0 Å². The Morgan fingerprint density at radius 2 is 2.07 bits per heavy atom. The van der Waals surface area contributed by atoms with Gasteiger partial charge in [0.1, 0.15) is 5.75 Å². The van der Waals surface area contributed by atoms with Gasteiger partial charge < -0.3 is 9.84 Å². The molecule has 1 aromatic rings. The van der Waals surface area contributed by atoms with Gasteiger partial charge in [0, 0.05) is 6.08 Å². The molecule has 0 aliphatic rings. The summed E-state index contributed by atoms with van der Waals surface area (Å²) in [5.41, 5.74) is 0.721. The molecule has 0 bridgehead atoms. The van der Waals surface area contributed by atoms with E-state index >= 15 is 0 Å². The number of alkyl halides is 1. The van der Waals surface area contributed by atoms with Crippen LogP contribution in [0, 0.1) is 0 Å². The lowest BCUT2D eigenvalue weighted by Gasteiger charge is -2.00. The van der Waals surface area contributed by atoms with E-state index in [1.54, 1.807) is 24.3 Å². The van der Waals surface area contributed by atoms with Gasteiger partial charge in [0.05, 0.1) is 0 Å². The van der Waals surface area contributed by atoms with Crippen LogP contribution in [0.25, 0.3) is 6.08 Å². The van der Waals surface area contributed by atoms with E-state index < -0.39 is 12.8 Å². The highest BCUT2D eigenvalue weighted by Gasteiger charge is 1.92. The second-order valence-corrected chi connectivity index (χ2v) is 2.49. The van der Waals surface area contributed by atoms with Crippen LogP contribution in [-0.4, -0.2) is 17.9 Å². The van der Waals surface area contributed by atoms with Crippen LogP contribution in [-0.2, 0) is 4.79 Å². The second-order valence-electron chi connectivity index (χ2n) is 2.49. The van der Waals surface area contributed by atoms with Crippen molar-refractivity contribution in [3.8, 4) is 5.75 Å². The van der Waals surface area contributed by atoms with E-state index in [1.807, 2.05) is 0 Å². The van der Waals surface area contributed by atoms with E-state index in [1.165, 1.54) is 6.08 Å². The molecule has 14 heavy (non-hydrogen) atoms. The summed E-state index contributed by atoms with van der Waals surface area (Å²) in [7, 11) is 0. The normalized spacial score (nSPS) is 10.4. The molecule has 0 amide bonds. The van der Waals surface area contributed by atoms with Gasteiger partial charge in [-0.15, -0.1) is 0 Å². The molecule has 0 atom stereocenters. The van der Waals surface area contributed by atoms with Crippen LogP contribution in [0.2, 0.25) is 0 Å². The zero-order valence-electron chi connectivity index (χ0n) is 7.31. The Morgan fingerprint density at radius 3 is 2.57 bits per heavy atom. The van der Waals surface area contributed by atoms with Crippen molar-refractivity contribution in [2.24, 2.45) is 0 Å². The first kappa shape index (κ1) is 10.2. The average Bonchev–Trinajstić information content (AvgIpc) is 2.17. The number of rotatable bonds is 4. The first-order valence-electron chi connectivity index (χ1n) is 3.92. The maximum Gasteiger partial charge on any atom is 0.328 e. The molecule has 0 radical (unpaired) electrons. The van der Waals surface area contributed by atoms with Gasteiger partial charge in [-0.25, -0.2) is 9.18 Å². The summed E-state index contributed by atoms with van der Waals surface area (Å²) in [6, 6.07) is 6.43. The van der Waals surface area contributed by atoms with Crippen LogP contribution < -0.4 is 4.74 Å². The predicted octanol–water partition coefficient (Wildman–Crippen LogP) is 2.09. The largest absolute Gasteiger partial charge is 0.478 e. The zero-order valence-corrected chi connectivity index (χ0v) is 7.31. The van der Waals surface area contributed by atoms with Crippen molar-refractivity contribution in [3.05, 3.63) is 35.9 Å². The van der Waals surface area contributed by atoms with Gasteiger partial charge in [-0.2, -0.15) is 0 Å². The van der Waals surface area contributed by atoms with Crippen LogP contribution in [0.5, 0.6) is 5.75 Å². The van der Waals surface area contributed by atoms with E-state index in [0.717, 1.165) is 11.6 Å². The topological polar surface area (TPSA) is 46.5 Å². The minimum absolute atomic E-state index is 0.417. The highest BCUT2D eigenvalue weighted by Crippen LogP contribution is 2.12. The number of ether oxygens (including phenoxy) is 1. The van der Waals surface area contributed by atoms with Gasteiger partial charge in [0.25, 0.3) is 0 Å². The average molecular weight is 196 g/mol. The Labute approximate surface area is 80.4 Å². The first-order chi connectivity index (χ1) is 6.72. The molecule has 0 spiro atoms. The van der Waals surface area contributed by atoms with E-state index in [9.17, 15) is 9.18 Å². The van der Waals surface area contributed by atoms with Crippen LogP contribution in [0.3, 0.4) is 0 Å². The van der Waals surface area contributed by atoms with Gasteiger partial charge in [-0.1, -0.05) is 12.1 Å². The number of benzene rings is 1. The van der Waals surface area contributed by atoms with E-state index in [-0.39, 0.29) is 0 Å². The molecule has 74 valence electrons. The van der Waals surface area contributed by atoms with Crippen molar-refractivity contribution in [3.63, 3.8) is 0 Å². The van der Waals surface area contributed by atoms with Crippen LogP contribution in [0.4, 0.5) is 4.39 Å². The van der Waals surface area contributed by atoms with Gasteiger partial charge >= 0.3 is 5.97 Å². The van der Waals surface area contributed by atoms with E-state index in [0.29, 0.717) is 5.75 Å². The first-order valence-corrected chi connectivity index (χ1v) is 3.92. The Kier molecular flexibility index (Phi) is 3.67. The maximum atomic E-state index is 11.7. The Morgan fingerprint density at radius 1 is 1.43 bits per heavy atom. The number of carboxylic acids is 1. The molecule has 0 heterocycles. The summed E-state index contributed by atoms with van der Waals surface area (Å²) < 4.78 is 16.3. The standard InChI is InChI=1S/C10H9FO3/c11-7-14-9-4-1-8(2-5-9)3-6-10(12)13/h1-6H,7H2,(H,12,13). The molecule has 0 aromatic heterocycles. The SMILES string of the molecule is O=C(O)C=Cc1ccc(OCF)cc1. The van der Waals surface area contributed by atoms with Crippen LogP contribution in [0.1, 0.15) is 5.56 Å². The molecule has 0 saturated heterocycles. The summed E-state index contributed by atoms with van der Waals surface area (Å²) in [5.74, 6) is -0.589. The fraction of sp³-hybridized carbons (Fsp3) is 0.100. The minimum Gasteiger partial charge on any atom is -0.478 e. The Balaban J connectivity index is 2.68. The molecular formula is C10H9FO3. The molecule has 1 N–H and O–H groups in total. The van der Waals surface area contributed by atoms with Crippen molar-refractivity contribution in [1.29, 1.82) is 0 Å². The highest BCUT2D eigenvalue weighted by molar-refractivity contribution is 5.85. The lowest BCUT2D eigenvalue weighted by Crippen LogP contribution is -1.89. The predicted molar refractivity (Wildman–Crippen MR) is 49.7 cm³/mol. The molecule has 0 aliphatic carbocycles. The van der Waals surface area contributed by atoms with Crippen molar-refractivity contribution >= 4 is 12.0 Å². The van der Waals surface area contributed by atoms with Crippen molar-refractivity contribution in [2.75, 3.05) is 6.86 Å². The quantitative estimate of drug-likeness (QED) is 0.750. The molecule has 0 aliphatic heterocycles. The van der Waals surface area contributed by atoms with Gasteiger partial charge in [0.2, 0.25) is 6.86 Å². The third-order valence-electron chi connectivity index (χ3n) is 1.52. The molecule has 3 nitrogen and oxygen atoms in total. The molecule has 4 heteroatoms. The van der Waals surface area contributed by atoms with Gasteiger partial charge in [-0.05, 0) is 23.8 Å². The minimum atomic E-state index is -1.01. The maximum absolute atomic E-state index is 11.7. The highest BCUT2D eigenvalue weighted by atomic mass is 19.1. The zero-order chi connectivity index (χ0) is 10.4. The van der Waals surface area contributed by atoms with Gasteiger partial charge in [0.15, 0.2) is 0 Å². The van der Waals surface area contributed by atoms with Crippen LogP contribution in [0.15, 0.2) is 30.3 Å². The fourth-order valence-electron chi connectivity index (χ4n) is 0.906. The number of carbonyl (C=O) groups is 1. The van der Waals surface area contributed by atoms with Crippen molar-refractivity contribution in [2.45, 2.75) is 0 Å². The third-order valence-corrected chi connectivity index (χ3v) is 1.52. The van der Waals surface area contributed by atoms with Gasteiger partial charge in [-0.3, -0.25) is 0 Å². The van der Waals surface area contributed by atoms with Crippen molar-refractivity contribution in [1.82, 2.24) is 0 Å². The van der Waals surface area contributed by atoms with E-state index in [4.69, 9.17) is 5.11 Å². The molecule has 0 fully saturated rings. The molecule has 1 aromatic carbocycles. The number of halogens is 1. The molecular weight excluding hydrogens is 187 g/mol. The smallest absolute Gasteiger partial charge is 0.328 e.